The van der Waals surface area contributed by atoms with Crippen molar-refractivity contribution in [2.75, 3.05) is 37.7 Å². The molecule has 3 aliphatic heterocycles. The fraction of sp³-hybridized carbons (Fsp3) is 0.354. The first-order valence-electron chi connectivity index (χ1n) is 19.9. The van der Waals surface area contributed by atoms with Crippen LogP contribution in [0.4, 0.5) is 5.69 Å². The van der Waals surface area contributed by atoms with E-state index in [1.165, 1.54) is 59.4 Å². The molecule has 5 aromatic rings. The van der Waals surface area contributed by atoms with Gasteiger partial charge in [0.1, 0.15) is 24.7 Å². The van der Waals surface area contributed by atoms with Gasteiger partial charge in [-0.1, -0.05) is 85.8 Å². The van der Waals surface area contributed by atoms with E-state index in [1.54, 1.807) is 0 Å². The predicted octanol–water partition coefficient (Wildman–Crippen LogP) is 9.63. The molecule has 0 aromatic heterocycles. The van der Waals surface area contributed by atoms with Crippen LogP contribution in [-0.2, 0) is 30.8 Å². The number of hydrogen-bond donors (Lipinski definition) is 0. The zero-order chi connectivity index (χ0) is 36.7. The molecule has 278 valence electrons. The maximum atomic E-state index is 11.8. The van der Waals surface area contributed by atoms with Gasteiger partial charge < -0.3 is 19.1 Å². The van der Waals surface area contributed by atoms with E-state index in [1.807, 2.05) is 12.1 Å². The van der Waals surface area contributed by atoms with E-state index in [-0.39, 0.29) is 11.9 Å². The zero-order valence-corrected chi connectivity index (χ0v) is 31.5. The molecular formula is C48H52N2O4. The Kier molecular flexibility index (Phi) is 11.3. The molecule has 1 atom stereocenters. The Morgan fingerprint density at radius 3 is 2.24 bits per heavy atom. The molecule has 6 heteroatoms. The number of carbonyl (C=O) groups is 1. The summed E-state index contributed by atoms with van der Waals surface area (Å²) in [6.07, 6.45) is 6.61. The van der Waals surface area contributed by atoms with Gasteiger partial charge in [0.25, 0.3) is 0 Å². The highest BCUT2D eigenvalue weighted by Crippen LogP contribution is 2.34. The van der Waals surface area contributed by atoms with Crippen molar-refractivity contribution >= 4 is 11.7 Å². The van der Waals surface area contributed by atoms with Crippen LogP contribution in [0.1, 0.15) is 82.3 Å². The van der Waals surface area contributed by atoms with Crippen LogP contribution in [0.3, 0.4) is 0 Å². The molecular weight excluding hydrogens is 669 g/mol. The summed E-state index contributed by atoms with van der Waals surface area (Å²) in [5.41, 5.74) is 9.53. The lowest BCUT2D eigenvalue weighted by molar-refractivity contribution is 0.0305. The Bertz CT molecular complexity index is 1980. The summed E-state index contributed by atoms with van der Waals surface area (Å²) in [4.78, 5) is 16.9. The van der Waals surface area contributed by atoms with Crippen molar-refractivity contribution in [1.29, 1.82) is 0 Å². The highest BCUT2D eigenvalue weighted by atomic mass is 16.5. The summed E-state index contributed by atoms with van der Waals surface area (Å²) in [6.45, 7) is 8.50. The maximum Gasteiger partial charge on any atom is 0.338 e. The van der Waals surface area contributed by atoms with Crippen LogP contribution in [-0.4, -0.2) is 49.7 Å². The average molecular weight is 721 g/mol. The summed E-state index contributed by atoms with van der Waals surface area (Å²) < 4.78 is 17.7. The van der Waals surface area contributed by atoms with Crippen molar-refractivity contribution in [2.24, 2.45) is 5.92 Å². The van der Waals surface area contributed by atoms with E-state index >= 15 is 0 Å². The molecule has 3 heterocycles. The van der Waals surface area contributed by atoms with Crippen molar-refractivity contribution in [3.05, 3.63) is 160 Å². The first-order valence-corrected chi connectivity index (χ1v) is 19.9. The van der Waals surface area contributed by atoms with Gasteiger partial charge in [-0.2, -0.15) is 0 Å². The molecule has 8 rings (SSSR count). The van der Waals surface area contributed by atoms with Gasteiger partial charge in [0, 0.05) is 49.4 Å². The normalized spacial score (nSPS) is 16.8. The molecule has 2 saturated heterocycles. The van der Waals surface area contributed by atoms with Crippen molar-refractivity contribution in [3.8, 4) is 11.5 Å². The van der Waals surface area contributed by atoms with Gasteiger partial charge in [-0.25, -0.2) is 4.79 Å². The molecule has 0 radical (unpaired) electrons. The number of nitrogens with zero attached hydrogens (tertiary/aromatic N) is 2. The van der Waals surface area contributed by atoms with Crippen LogP contribution < -0.4 is 14.4 Å². The standard InChI is InChI=1S/C48H52N2O4/c1-35(46-22-20-45(53-33-37-11-6-3-7-12-37)30-40(46)14-8-13-36-9-4-2-5-10-36)39-15-18-44(19-16-39)52-28-25-38-31-50(32-38)42-23-26-49(27-24-42)43-17-21-47-41(29-43)34-54-48(47)51/h2-7,9-12,15-22,29-30,35,38,42H,8,13-14,23-28,31-34H2,1H3/t35-/m1/s1. The second-order valence-electron chi connectivity index (χ2n) is 15.4. The van der Waals surface area contributed by atoms with E-state index < -0.39 is 0 Å². The molecule has 5 aromatic carbocycles. The molecule has 0 saturated carbocycles. The Labute approximate surface area is 320 Å². The van der Waals surface area contributed by atoms with E-state index in [9.17, 15) is 4.79 Å². The van der Waals surface area contributed by atoms with Crippen LogP contribution >= 0.6 is 0 Å². The molecule has 0 unspecified atom stereocenters. The maximum absolute atomic E-state index is 11.8. The van der Waals surface area contributed by atoms with Gasteiger partial charge in [0.2, 0.25) is 0 Å². The Morgan fingerprint density at radius 1 is 0.759 bits per heavy atom. The number of piperidine rings is 1. The van der Waals surface area contributed by atoms with Crippen LogP contribution in [0.2, 0.25) is 0 Å². The van der Waals surface area contributed by atoms with Gasteiger partial charge in [0.05, 0.1) is 12.2 Å². The van der Waals surface area contributed by atoms with Crippen LogP contribution in [0.15, 0.2) is 121 Å². The third kappa shape index (κ3) is 8.66. The highest BCUT2D eigenvalue weighted by molar-refractivity contribution is 5.93. The largest absolute Gasteiger partial charge is 0.494 e. The molecule has 54 heavy (non-hydrogen) atoms. The second kappa shape index (κ2) is 16.9. The van der Waals surface area contributed by atoms with Crippen molar-refractivity contribution in [3.63, 3.8) is 0 Å². The number of hydrogen-bond acceptors (Lipinski definition) is 6. The predicted molar refractivity (Wildman–Crippen MR) is 216 cm³/mol. The Hall–Kier alpha value is -5.07. The number of benzene rings is 5. The lowest BCUT2D eigenvalue weighted by Gasteiger charge is -2.47. The molecule has 2 fully saturated rings. The Balaban J connectivity index is 0.800. The third-order valence-corrected chi connectivity index (χ3v) is 11.8. The number of anilines is 1. The summed E-state index contributed by atoms with van der Waals surface area (Å²) in [5, 5.41) is 0. The van der Waals surface area contributed by atoms with Crippen LogP contribution in [0.25, 0.3) is 0 Å². The molecule has 0 aliphatic carbocycles. The number of fused-ring (bicyclic) bond motifs is 1. The van der Waals surface area contributed by atoms with E-state index in [0.29, 0.717) is 25.2 Å². The monoisotopic (exact) mass is 720 g/mol. The number of rotatable bonds is 15. The first-order chi connectivity index (χ1) is 26.6. The quantitative estimate of drug-likeness (QED) is 0.101. The minimum atomic E-state index is -0.195. The lowest BCUT2D eigenvalue weighted by atomic mass is 9.87. The first kappa shape index (κ1) is 35.9. The molecule has 0 amide bonds. The summed E-state index contributed by atoms with van der Waals surface area (Å²) >= 11 is 0. The average Bonchev–Trinajstić information content (AvgIpc) is 3.58. The Morgan fingerprint density at radius 2 is 1.48 bits per heavy atom. The van der Waals surface area contributed by atoms with E-state index in [0.717, 1.165) is 68.0 Å². The number of carbonyl (C=O) groups excluding carboxylic acids is 1. The summed E-state index contributed by atoms with van der Waals surface area (Å²) in [5.74, 6) is 2.64. The second-order valence-corrected chi connectivity index (χ2v) is 15.4. The van der Waals surface area contributed by atoms with E-state index in [4.69, 9.17) is 14.2 Å². The van der Waals surface area contributed by atoms with Gasteiger partial charge in [0.15, 0.2) is 0 Å². The number of cyclic esters (lactones) is 1. The fourth-order valence-electron chi connectivity index (χ4n) is 8.45. The fourth-order valence-corrected chi connectivity index (χ4v) is 8.45. The van der Waals surface area contributed by atoms with Gasteiger partial charge in [-0.15, -0.1) is 0 Å². The van der Waals surface area contributed by atoms with Crippen molar-refractivity contribution in [2.45, 2.75) is 70.6 Å². The van der Waals surface area contributed by atoms with Gasteiger partial charge in [-0.3, -0.25) is 4.90 Å². The van der Waals surface area contributed by atoms with E-state index in [2.05, 4.69) is 126 Å². The van der Waals surface area contributed by atoms with Crippen LogP contribution in [0, 0.1) is 5.92 Å². The molecule has 3 aliphatic rings. The summed E-state index contributed by atoms with van der Waals surface area (Å²) in [6, 6.07) is 43.4. The van der Waals surface area contributed by atoms with Gasteiger partial charge in [-0.05, 0) is 115 Å². The molecule has 0 bridgehead atoms. The molecule has 0 spiro atoms. The van der Waals surface area contributed by atoms with Gasteiger partial charge >= 0.3 is 5.97 Å². The summed E-state index contributed by atoms with van der Waals surface area (Å²) in [7, 11) is 0. The topological polar surface area (TPSA) is 51.2 Å². The number of likely N-dealkylation sites (tertiary alicyclic amines) is 1. The zero-order valence-electron chi connectivity index (χ0n) is 31.5. The minimum absolute atomic E-state index is 0.195. The smallest absolute Gasteiger partial charge is 0.338 e. The van der Waals surface area contributed by atoms with Crippen molar-refractivity contribution in [1.82, 2.24) is 4.90 Å². The molecule has 6 nitrogen and oxygen atoms in total. The van der Waals surface area contributed by atoms with Crippen molar-refractivity contribution < 1.29 is 19.0 Å². The number of ether oxygens (including phenoxy) is 3. The minimum Gasteiger partial charge on any atom is -0.494 e. The number of aryl methyl sites for hydroxylation is 2. The van der Waals surface area contributed by atoms with Crippen LogP contribution in [0.5, 0.6) is 11.5 Å². The molecule has 0 N–H and O–H groups in total. The highest BCUT2D eigenvalue weighted by Gasteiger charge is 2.34. The number of esters is 1. The lowest BCUT2D eigenvalue weighted by Crippen LogP contribution is -2.55. The SMILES string of the molecule is C[C@H](c1ccc(OCCC2CN(C3CCN(c4ccc5c(c4)COC5=O)CC3)C2)cc1)c1ccc(OCc2ccccc2)cc1CCCc1ccccc1. The third-order valence-electron chi connectivity index (χ3n) is 11.8.